The van der Waals surface area contributed by atoms with Crippen LogP contribution >= 0.6 is 0 Å². The predicted molar refractivity (Wildman–Crippen MR) is 72.6 cm³/mol. The Hall–Kier alpha value is -2.29. The third kappa shape index (κ3) is 2.08. The van der Waals surface area contributed by atoms with E-state index in [1.54, 1.807) is 11.9 Å². The first-order chi connectivity index (χ1) is 9.27. The van der Waals surface area contributed by atoms with Crippen LogP contribution in [-0.2, 0) is 4.74 Å². The van der Waals surface area contributed by atoms with Gasteiger partial charge in [-0.15, -0.1) is 0 Å². The van der Waals surface area contributed by atoms with E-state index in [0.717, 1.165) is 11.1 Å². The summed E-state index contributed by atoms with van der Waals surface area (Å²) >= 11 is 0. The summed E-state index contributed by atoms with van der Waals surface area (Å²) in [4.78, 5) is 13.5. The summed E-state index contributed by atoms with van der Waals surface area (Å²) in [5.41, 5.74) is 2.11. The van der Waals surface area contributed by atoms with E-state index in [1.165, 1.54) is 0 Å². The maximum Gasteiger partial charge on any atom is 0.410 e. The van der Waals surface area contributed by atoms with Crippen LogP contribution in [0.25, 0.3) is 0 Å². The van der Waals surface area contributed by atoms with Crippen LogP contribution in [0.2, 0.25) is 0 Å². The summed E-state index contributed by atoms with van der Waals surface area (Å²) in [6.07, 6.45) is -0.524. The van der Waals surface area contributed by atoms with Crippen molar-refractivity contribution in [1.29, 1.82) is 0 Å². The molecule has 0 radical (unpaired) electrons. The average Bonchev–Trinajstić information content (AvgIpc) is 2.77. The van der Waals surface area contributed by atoms with Gasteiger partial charge in [0.05, 0.1) is 0 Å². The maximum absolute atomic E-state index is 11.8. The van der Waals surface area contributed by atoms with Crippen molar-refractivity contribution in [2.75, 3.05) is 7.05 Å². The number of carbonyl (C=O) groups excluding carboxylic acids is 1. The number of ether oxygens (including phenoxy) is 1. The van der Waals surface area contributed by atoms with Gasteiger partial charge in [0.1, 0.15) is 6.04 Å². The van der Waals surface area contributed by atoms with Gasteiger partial charge in [-0.1, -0.05) is 60.7 Å². The molecule has 3 rings (SSSR count). The van der Waals surface area contributed by atoms with E-state index in [4.69, 9.17) is 4.74 Å². The zero-order valence-corrected chi connectivity index (χ0v) is 10.7. The number of likely N-dealkylation sites (N-methyl/N-ethyl adjacent to an activating group) is 1. The second-order valence-electron chi connectivity index (χ2n) is 4.68. The fourth-order valence-electron chi connectivity index (χ4n) is 2.51. The van der Waals surface area contributed by atoms with Crippen LogP contribution in [0.4, 0.5) is 4.79 Å². The van der Waals surface area contributed by atoms with Crippen molar-refractivity contribution in [2.24, 2.45) is 0 Å². The Morgan fingerprint density at radius 1 is 0.895 bits per heavy atom. The fourth-order valence-corrected chi connectivity index (χ4v) is 2.51. The predicted octanol–water partition coefficient (Wildman–Crippen LogP) is 3.55. The Bertz CT molecular complexity index is 568. The minimum atomic E-state index is -0.275. The normalized spacial score (nSPS) is 22.4. The van der Waals surface area contributed by atoms with Gasteiger partial charge in [-0.05, 0) is 11.1 Å². The lowest BCUT2D eigenvalue weighted by Gasteiger charge is -2.22. The molecular formula is C16H15NO2. The van der Waals surface area contributed by atoms with E-state index < -0.39 is 0 Å². The van der Waals surface area contributed by atoms with Crippen molar-refractivity contribution in [2.45, 2.75) is 12.1 Å². The zero-order chi connectivity index (χ0) is 13.2. The number of carbonyl (C=O) groups is 1. The SMILES string of the molecule is CN1C(=O)O[C@@H](c2ccccc2)[C@H]1c1ccccc1. The Labute approximate surface area is 112 Å². The first-order valence-electron chi connectivity index (χ1n) is 6.31. The number of amides is 1. The average molecular weight is 253 g/mol. The molecule has 0 bridgehead atoms. The van der Waals surface area contributed by atoms with Crippen LogP contribution in [0.1, 0.15) is 23.3 Å². The molecule has 96 valence electrons. The number of cyclic esters (lactones) is 1. The minimum absolute atomic E-state index is 0.0731. The summed E-state index contributed by atoms with van der Waals surface area (Å²) in [5, 5.41) is 0. The summed E-state index contributed by atoms with van der Waals surface area (Å²) in [7, 11) is 1.78. The number of benzene rings is 2. The molecule has 2 aromatic carbocycles. The second-order valence-corrected chi connectivity index (χ2v) is 4.68. The maximum atomic E-state index is 11.8. The molecule has 0 saturated carbocycles. The highest BCUT2D eigenvalue weighted by atomic mass is 16.6. The topological polar surface area (TPSA) is 29.5 Å². The van der Waals surface area contributed by atoms with Crippen LogP contribution in [0.5, 0.6) is 0 Å². The monoisotopic (exact) mass is 253 g/mol. The van der Waals surface area contributed by atoms with Gasteiger partial charge >= 0.3 is 6.09 Å². The quantitative estimate of drug-likeness (QED) is 0.819. The number of rotatable bonds is 2. The van der Waals surface area contributed by atoms with Crippen LogP contribution in [0.3, 0.4) is 0 Å². The molecule has 2 aromatic rings. The highest BCUT2D eigenvalue weighted by molar-refractivity contribution is 5.71. The molecule has 0 unspecified atom stereocenters. The lowest BCUT2D eigenvalue weighted by Crippen LogP contribution is -2.23. The Kier molecular flexibility index (Phi) is 2.95. The van der Waals surface area contributed by atoms with Crippen molar-refractivity contribution < 1.29 is 9.53 Å². The van der Waals surface area contributed by atoms with Crippen LogP contribution in [0.15, 0.2) is 60.7 Å². The van der Waals surface area contributed by atoms with Gasteiger partial charge in [-0.25, -0.2) is 4.79 Å². The minimum Gasteiger partial charge on any atom is -0.439 e. The smallest absolute Gasteiger partial charge is 0.410 e. The van der Waals surface area contributed by atoms with Crippen molar-refractivity contribution in [3.05, 3.63) is 71.8 Å². The molecule has 3 nitrogen and oxygen atoms in total. The number of hydrogen-bond donors (Lipinski definition) is 0. The molecule has 1 fully saturated rings. The van der Waals surface area contributed by atoms with E-state index >= 15 is 0 Å². The van der Waals surface area contributed by atoms with E-state index in [-0.39, 0.29) is 18.2 Å². The van der Waals surface area contributed by atoms with Crippen molar-refractivity contribution in [1.82, 2.24) is 4.90 Å². The molecule has 0 spiro atoms. The largest absolute Gasteiger partial charge is 0.439 e. The van der Waals surface area contributed by atoms with Crippen molar-refractivity contribution in [3.8, 4) is 0 Å². The highest BCUT2D eigenvalue weighted by Gasteiger charge is 2.41. The van der Waals surface area contributed by atoms with E-state index in [0.29, 0.717) is 0 Å². The Morgan fingerprint density at radius 2 is 1.42 bits per heavy atom. The summed E-state index contributed by atoms with van der Waals surface area (Å²) < 4.78 is 5.51. The molecule has 3 heteroatoms. The van der Waals surface area contributed by atoms with Gasteiger partial charge in [0.15, 0.2) is 6.10 Å². The van der Waals surface area contributed by atoms with Gasteiger partial charge < -0.3 is 9.64 Å². The lowest BCUT2D eigenvalue weighted by atomic mass is 9.96. The lowest BCUT2D eigenvalue weighted by molar-refractivity contribution is 0.130. The van der Waals surface area contributed by atoms with E-state index in [1.807, 2.05) is 60.7 Å². The second kappa shape index (κ2) is 4.76. The molecule has 1 amide bonds. The van der Waals surface area contributed by atoms with E-state index in [2.05, 4.69) is 0 Å². The third-order valence-electron chi connectivity index (χ3n) is 3.49. The van der Waals surface area contributed by atoms with E-state index in [9.17, 15) is 4.79 Å². The zero-order valence-electron chi connectivity index (χ0n) is 10.7. The van der Waals surface area contributed by atoms with Gasteiger partial charge in [-0.3, -0.25) is 0 Å². The van der Waals surface area contributed by atoms with Crippen LogP contribution in [-0.4, -0.2) is 18.0 Å². The van der Waals surface area contributed by atoms with Gasteiger partial charge in [-0.2, -0.15) is 0 Å². The van der Waals surface area contributed by atoms with Gasteiger partial charge in [0.2, 0.25) is 0 Å². The van der Waals surface area contributed by atoms with Crippen LogP contribution in [0, 0.1) is 0 Å². The molecule has 19 heavy (non-hydrogen) atoms. The van der Waals surface area contributed by atoms with Gasteiger partial charge in [0, 0.05) is 7.05 Å². The number of nitrogens with zero attached hydrogens (tertiary/aromatic N) is 1. The Morgan fingerprint density at radius 3 is 2.00 bits per heavy atom. The molecular weight excluding hydrogens is 238 g/mol. The molecule has 1 aliphatic heterocycles. The summed E-state index contributed by atoms with van der Waals surface area (Å²) in [6.45, 7) is 0. The number of hydrogen-bond acceptors (Lipinski definition) is 2. The highest BCUT2D eigenvalue weighted by Crippen LogP contribution is 2.41. The molecule has 0 aromatic heterocycles. The first-order valence-corrected chi connectivity index (χ1v) is 6.31. The molecule has 2 atom stereocenters. The standard InChI is InChI=1S/C16H15NO2/c1-17-14(12-8-4-2-5-9-12)15(19-16(17)18)13-10-6-3-7-11-13/h2-11,14-15H,1H3/t14-,15+/m1/s1. The first kappa shape index (κ1) is 11.8. The fraction of sp³-hybridized carbons (Fsp3) is 0.188. The molecule has 1 aliphatic rings. The third-order valence-corrected chi connectivity index (χ3v) is 3.49. The van der Waals surface area contributed by atoms with Crippen molar-refractivity contribution in [3.63, 3.8) is 0 Å². The molecule has 0 N–H and O–H groups in total. The Balaban J connectivity index is 2.01. The summed E-state index contributed by atoms with van der Waals surface area (Å²) in [5.74, 6) is 0. The van der Waals surface area contributed by atoms with Crippen LogP contribution < -0.4 is 0 Å². The molecule has 1 heterocycles. The molecule has 0 aliphatic carbocycles. The van der Waals surface area contributed by atoms with Gasteiger partial charge in [0.25, 0.3) is 0 Å². The molecule has 1 saturated heterocycles. The summed E-state index contributed by atoms with van der Waals surface area (Å²) in [6, 6.07) is 19.8. The van der Waals surface area contributed by atoms with Crippen molar-refractivity contribution >= 4 is 6.09 Å².